The van der Waals surface area contributed by atoms with E-state index in [1.165, 1.54) is 0 Å². The molecule has 2 heterocycles. The molecule has 1 aliphatic rings. The van der Waals surface area contributed by atoms with E-state index in [0.717, 1.165) is 50.2 Å². The van der Waals surface area contributed by atoms with Crippen molar-refractivity contribution in [2.75, 3.05) is 45.2 Å². The van der Waals surface area contributed by atoms with Gasteiger partial charge in [-0.15, -0.1) is 10.1 Å². The molecule has 0 aliphatic carbocycles. The Morgan fingerprint density at radius 2 is 2.02 bits per heavy atom. The van der Waals surface area contributed by atoms with E-state index in [2.05, 4.69) is 29.7 Å². The van der Waals surface area contributed by atoms with Crippen molar-refractivity contribution in [3.63, 3.8) is 0 Å². The summed E-state index contributed by atoms with van der Waals surface area (Å²) in [6.45, 7) is 7.04. The van der Waals surface area contributed by atoms with Gasteiger partial charge in [0.15, 0.2) is 0 Å². The third-order valence-electron chi connectivity index (χ3n) is 6.24. The lowest BCUT2D eigenvalue weighted by Gasteiger charge is -2.38. The first-order valence-electron chi connectivity index (χ1n) is 14.0. The second-order valence-corrected chi connectivity index (χ2v) is 10.5. The Kier molecular flexibility index (Phi) is 15.4. The minimum atomic E-state index is -0.744. The molecule has 0 amide bonds. The van der Waals surface area contributed by atoms with Gasteiger partial charge in [-0.25, -0.2) is 9.29 Å². The Balaban J connectivity index is 0.00000197. The second-order valence-electron chi connectivity index (χ2n) is 9.37. The number of benzene rings is 1. The summed E-state index contributed by atoms with van der Waals surface area (Å²) in [7, 11) is 1.66. The van der Waals surface area contributed by atoms with E-state index in [9.17, 15) is 14.9 Å². The van der Waals surface area contributed by atoms with Gasteiger partial charge in [-0.1, -0.05) is 26.2 Å². The monoisotopic (exact) mass is 607 g/mol. The molecule has 15 heteroatoms. The molecule has 0 radical (unpaired) electrons. The maximum Gasteiger partial charge on any atom is 0.294 e. The van der Waals surface area contributed by atoms with E-state index < -0.39 is 5.09 Å². The minimum Gasteiger partial charge on any atom is -0.493 e. The lowest BCUT2D eigenvalue weighted by molar-refractivity contribution is -0.757. The van der Waals surface area contributed by atoms with Crippen molar-refractivity contribution in [3.8, 4) is 17.1 Å². The molecule has 1 fully saturated rings. The van der Waals surface area contributed by atoms with E-state index in [-0.39, 0.29) is 18.6 Å². The number of nitrogens with one attached hydrogen (secondary N) is 4. The van der Waals surface area contributed by atoms with Gasteiger partial charge in [-0.3, -0.25) is 9.59 Å². The minimum absolute atomic E-state index is 0.166. The van der Waals surface area contributed by atoms with Crippen LogP contribution in [0.2, 0.25) is 0 Å². The van der Waals surface area contributed by atoms with Crippen LogP contribution in [0.15, 0.2) is 27.9 Å². The number of carboxylic acid groups (broad SMARTS) is 1. The SMILES string of the molecule is CCCC(=N)c1nc(-c2cc(SN3CC(NCCCCCCO[N+](=O)[O-])C3)ccc2OCC)[nH]c(=O)c1NC.O=CO. The topological polar surface area (TPSA) is 196 Å². The molecule has 0 unspecified atom stereocenters. The number of ether oxygens (including phenoxy) is 1. The fourth-order valence-electron chi connectivity index (χ4n) is 4.27. The maximum absolute atomic E-state index is 12.8. The highest BCUT2D eigenvalue weighted by Crippen LogP contribution is 2.35. The number of aromatic nitrogens is 2. The molecule has 5 N–H and O–H groups in total. The predicted molar refractivity (Wildman–Crippen MR) is 162 cm³/mol. The molecule has 0 saturated carbocycles. The molecule has 1 aromatic heterocycles. The molecule has 3 rings (SSSR count). The second kappa shape index (κ2) is 18.7. The van der Waals surface area contributed by atoms with Crippen LogP contribution in [-0.2, 0) is 9.63 Å². The summed E-state index contributed by atoms with van der Waals surface area (Å²) in [6, 6.07) is 6.31. The van der Waals surface area contributed by atoms with Gasteiger partial charge in [0, 0.05) is 31.1 Å². The van der Waals surface area contributed by atoms with Gasteiger partial charge in [0.25, 0.3) is 17.1 Å². The summed E-state index contributed by atoms with van der Waals surface area (Å²) in [4.78, 5) is 44.2. The summed E-state index contributed by atoms with van der Waals surface area (Å²) < 4.78 is 8.12. The van der Waals surface area contributed by atoms with Gasteiger partial charge in [-0.2, -0.15) is 0 Å². The van der Waals surface area contributed by atoms with Gasteiger partial charge in [0.1, 0.15) is 23.0 Å². The number of H-pyrrole nitrogens is 1. The number of anilines is 1. The zero-order chi connectivity index (χ0) is 30.9. The molecule has 42 heavy (non-hydrogen) atoms. The molecule has 0 bridgehead atoms. The van der Waals surface area contributed by atoms with Crippen molar-refractivity contribution in [2.45, 2.75) is 63.3 Å². The fraction of sp³-hybridized carbons (Fsp3) is 0.556. The Labute approximate surface area is 249 Å². The van der Waals surface area contributed by atoms with Crippen molar-refractivity contribution < 1.29 is 24.6 Å². The highest BCUT2D eigenvalue weighted by molar-refractivity contribution is 7.97. The molecular formula is C27H41N7O7S. The normalized spacial score (nSPS) is 12.9. The number of carbonyl (C=O) groups is 1. The Morgan fingerprint density at radius 3 is 2.67 bits per heavy atom. The number of unbranched alkanes of at least 4 members (excludes halogenated alkanes) is 3. The summed E-state index contributed by atoms with van der Waals surface area (Å²) in [5.74, 6) is 1.01. The van der Waals surface area contributed by atoms with Crippen molar-refractivity contribution in [2.24, 2.45) is 0 Å². The highest BCUT2D eigenvalue weighted by atomic mass is 32.2. The molecule has 1 saturated heterocycles. The van der Waals surface area contributed by atoms with Crippen molar-refractivity contribution in [3.05, 3.63) is 44.4 Å². The predicted octanol–water partition coefficient (Wildman–Crippen LogP) is 3.80. The summed E-state index contributed by atoms with van der Waals surface area (Å²) in [5, 5.41) is 31.2. The maximum atomic E-state index is 12.8. The molecule has 0 spiro atoms. The van der Waals surface area contributed by atoms with Gasteiger partial charge >= 0.3 is 0 Å². The van der Waals surface area contributed by atoms with Crippen LogP contribution in [0.4, 0.5) is 5.69 Å². The van der Waals surface area contributed by atoms with Crippen LogP contribution < -0.4 is 20.9 Å². The van der Waals surface area contributed by atoms with Gasteiger partial charge in [0.05, 0.1) is 24.5 Å². The Hall–Kier alpha value is -3.69. The summed E-state index contributed by atoms with van der Waals surface area (Å²) in [5.41, 5.74) is 1.34. The van der Waals surface area contributed by atoms with Gasteiger partial charge < -0.3 is 35.7 Å². The lowest BCUT2D eigenvalue weighted by Crippen LogP contribution is -2.54. The molecule has 232 valence electrons. The third-order valence-corrected chi connectivity index (χ3v) is 7.27. The standard InChI is InChI=1S/C26H39N7O5S.CH2O2/c1-4-10-21(27)23-24(28-3)26(34)31-25(30-23)20-15-19(11-12-22(20)37-5-2)39-32-16-18(17-32)29-13-8-6-7-9-14-38-33(35)36;2-1-3/h11-12,15,18,27-29H,4-10,13-14,16-17H2,1-3H3,(H,30,31,34);1H,(H,2,3). The van der Waals surface area contributed by atoms with Gasteiger partial charge in [-0.05, 0) is 62.9 Å². The van der Waals surface area contributed by atoms with E-state index in [1.54, 1.807) is 19.0 Å². The van der Waals surface area contributed by atoms with Crippen LogP contribution in [0.25, 0.3) is 11.4 Å². The highest BCUT2D eigenvalue weighted by Gasteiger charge is 2.27. The van der Waals surface area contributed by atoms with Crippen LogP contribution in [0.5, 0.6) is 5.75 Å². The van der Waals surface area contributed by atoms with E-state index >= 15 is 0 Å². The Morgan fingerprint density at radius 1 is 1.31 bits per heavy atom. The van der Waals surface area contributed by atoms with E-state index in [0.29, 0.717) is 59.7 Å². The average molecular weight is 608 g/mol. The first-order chi connectivity index (χ1) is 20.3. The van der Waals surface area contributed by atoms with E-state index in [4.69, 9.17) is 20.0 Å². The number of hydrogen-bond acceptors (Lipinski definition) is 12. The number of aromatic amines is 1. The van der Waals surface area contributed by atoms with Crippen molar-refractivity contribution >= 4 is 29.8 Å². The first kappa shape index (κ1) is 34.5. The summed E-state index contributed by atoms with van der Waals surface area (Å²) in [6.07, 6.45) is 4.97. The number of hydrogen-bond donors (Lipinski definition) is 5. The van der Waals surface area contributed by atoms with Gasteiger partial charge in [0.2, 0.25) is 0 Å². The molecule has 1 aliphatic heterocycles. The average Bonchev–Trinajstić information content (AvgIpc) is 2.93. The van der Waals surface area contributed by atoms with Crippen LogP contribution >= 0.6 is 11.9 Å². The van der Waals surface area contributed by atoms with Crippen LogP contribution in [0.3, 0.4) is 0 Å². The lowest BCUT2D eigenvalue weighted by atomic mass is 10.1. The zero-order valence-corrected chi connectivity index (χ0v) is 25.1. The molecule has 1 aromatic carbocycles. The number of nitrogens with zero attached hydrogens (tertiary/aromatic N) is 3. The van der Waals surface area contributed by atoms with Crippen LogP contribution in [0.1, 0.15) is 58.1 Å². The van der Waals surface area contributed by atoms with E-state index in [1.807, 2.05) is 32.0 Å². The molecule has 2 aromatic rings. The first-order valence-corrected chi connectivity index (χ1v) is 14.7. The van der Waals surface area contributed by atoms with Crippen LogP contribution in [0, 0.1) is 15.5 Å². The smallest absolute Gasteiger partial charge is 0.294 e. The quantitative estimate of drug-likeness (QED) is 0.0411. The van der Waals surface area contributed by atoms with Crippen molar-refractivity contribution in [1.82, 2.24) is 19.6 Å². The Bertz CT molecular complexity index is 1220. The molecular weight excluding hydrogens is 566 g/mol. The summed E-state index contributed by atoms with van der Waals surface area (Å²) >= 11 is 1.65. The molecule has 0 atom stereocenters. The van der Waals surface area contributed by atoms with Crippen LogP contribution in [-0.4, -0.2) is 82.6 Å². The molecule has 14 nitrogen and oxygen atoms in total. The fourth-order valence-corrected chi connectivity index (χ4v) is 5.38. The van der Waals surface area contributed by atoms with Crippen molar-refractivity contribution in [1.29, 1.82) is 5.41 Å². The largest absolute Gasteiger partial charge is 0.493 e. The number of rotatable bonds is 18. The third kappa shape index (κ3) is 10.9. The zero-order valence-electron chi connectivity index (χ0n) is 24.3.